The van der Waals surface area contributed by atoms with Gasteiger partial charge in [-0.25, -0.2) is 15.0 Å². The zero-order chi connectivity index (χ0) is 41.5. The van der Waals surface area contributed by atoms with Gasteiger partial charge in [0.15, 0.2) is 5.82 Å². The molecule has 3 nitrogen and oxygen atoms in total. The van der Waals surface area contributed by atoms with Gasteiger partial charge >= 0.3 is 0 Å². The average Bonchev–Trinajstić information content (AvgIpc) is 3.83. The van der Waals surface area contributed by atoms with Crippen LogP contribution in [0.2, 0.25) is 0 Å². The van der Waals surface area contributed by atoms with E-state index in [1.54, 1.807) is 0 Å². The molecule has 0 unspecified atom stereocenters. The molecular formula is C60H37N3. The van der Waals surface area contributed by atoms with Crippen molar-refractivity contribution in [1.82, 2.24) is 15.0 Å². The number of fused-ring (bicyclic) bond motifs is 12. The lowest BCUT2D eigenvalue weighted by molar-refractivity contribution is 0.758. The van der Waals surface area contributed by atoms with E-state index in [1.807, 2.05) is 6.07 Å². The van der Waals surface area contributed by atoms with Gasteiger partial charge in [-0.05, 0) is 89.3 Å². The van der Waals surface area contributed by atoms with Crippen molar-refractivity contribution in [3.05, 3.63) is 247 Å². The molecule has 11 aromatic rings. The smallest absolute Gasteiger partial charge is 0.160 e. The highest BCUT2D eigenvalue weighted by Crippen LogP contribution is 2.62. The van der Waals surface area contributed by atoms with Gasteiger partial charge in [0, 0.05) is 28.5 Å². The summed E-state index contributed by atoms with van der Waals surface area (Å²) >= 11 is 0. The predicted octanol–water partition coefficient (Wildman–Crippen LogP) is 14.9. The number of aromatic nitrogens is 3. The molecule has 13 rings (SSSR count). The minimum atomic E-state index is -0.554. The summed E-state index contributed by atoms with van der Waals surface area (Å²) in [4.78, 5) is 16.3. The molecule has 2 aromatic heterocycles. The van der Waals surface area contributed by atoms with E-state index in [1.165, 1.54) is 38.9 Å². The van der Waals surface area contributed by atoms with Crippen LogP contribution in [0, 0.1) is 0 Å². The SMILES string of the molecule is c1ccc(-c2cc(-c3ccccc3)nc(-c3ccc(-c4c5ccccc5c(-c5ncc6c(n5)C5(c7ccccc7-c7ccccc75)c5ccccc5-6)c5ccccc45)cc3)c2)cc1. The lowest BCUT2D eigenvalue weighted by Gasteiger charge is -2.29. The van der Waals surface area contributed by atoms with E-state index in [2.05, 4.69) is 219 Å². The third-order valence-electron chi connectivity index (χ3n) is 13.3. The van der Waals surface area contributed by atoms with Gasteiger partial charge in [0.05, 0.1) is 22.5 Å². The highest BCUT2D eigenvalue weighted by Gasteiger charge is 2.53. The Morgan fingerprint density at radius 1 is 0.302 bits per heavy atom. The molecule has 0 aliphatic heterocycles. The Morgan fingerprint density at radius 3 is 1.25 bits per heavy atom. The Hall–Kier alpha value is -8.27. The molecule has 2 aliphatic carbocycles. The second-order valence-corrected chi connectivity index (χ2v) is 16.6. The summed E-state index contributed by atoms with van der Waals surface area (Å²) < 4.78 is 0. The first kappa shape index (κ1) is 35.5. The van der Waals surface area contributed by atoms with E-state index in [4.69, 9.17) is 15.0 Å². The average molecular weight is 800 g/mol. The first-order valence-corrected chi connectivity index (χ1v) is 21.6. The van der Waals surface area contributed by atoms with Gasteiger partial charge in [-0.2, -0.15) is 0 Å². The summed E-state index contributed by atoms with van der Waals surface area (Å²) in [5, 5.41) is 4.56. The van der Waals surface area contributed by atoms with Crippen LogP contribution in [0.15, 0.2) is 225 Å². The van der Waals surface area contributed by atoms with Crippen molar-refractivity contribution in [3.8, 4) is 78.4 Å². The van der Waals surface area contributed by atoms with Crippen LogP contribution in [0.25, 0.3) is 100.0 Å². The van der Waals surface area contributed by atoms with Crippen molar-refractivity contribution in [2.24, 2.45) is 0 Å². The standard InChI is InChI=1S/C60H37N3/c1-3-17-38(18-4-1)42-35-54(39-19-5-2-6-20-39)62-55(36-42)40-31-33-41(34-32-40)56-46-24-7-9-26-48(46)57(49-27-10-8-25-47(49)56)59-61-37-50-45-23-13-16-30-53(45)60(58(50)63-59)51-28-14-11-21-43(51)44-22-12-15-29-52(44)60/h1-37H. The number of nitrogens with zero attached hydrogens (tertiary/aromatic N) is 3. The fourth-order valence-corrected chi connectivity index (χ4v) is 10.7. The second kappa shape index (κ2) is 13.9. The van der Waals surface area contributed by atoms with Crippen molar-refractivity contribution in [1.29, 1.82) is 0 Å². The predicted molar refractivity (Wildman–Crippen MR) is 258 cm³/mol. The Labute approximate surface area is 365 Å². The molecule has 0 radical (unpaired) electrons. The summed E-state index contributed by atoms with van der Waals surface area (Å²) in [6, 6.07) is 78.5. The molecule has 292 valence electrons. The summed E-state index contributed by atoms with van der Waals surface area (Å²) in [5.41, 5.74) is 18.8. The zero-order valence-electron chi connectivity index (χ0n) is 34.2. The third-order valence-corrected chi connectivity index (χ3v) is 13.3. The van der Waals surface area contributed by atoms with Gasteiger partial charge in [0.25, 0.3) is 0 Å². The Kier molecular flexibility index (Phi) is 7.82. The zero-order valence-corrected chi connectivity index (χ0v) is 34.2. The van der Waals surface area contributed by atoms with Crippen molar-refractivity contribution in [2.75, 3.05) is 0 Å². The molecule has 0 saturated carbocycles. The molecule has 3 heteroatoms. The number of benzene rings is 9. The highest BCUT2D eigenvalue weighted by atomic mass is 14.9. The molecule has 2 heterocycles. The van der Waals surface area contributed by atoms with Gasteiger partial charge in [-0.15, -0.1) is 0 Å². The lowest BCUT2D eigenvalue weighted by Crippen LogP contribution is -2.27. The summed E-state index contributed by atoms with van der Waals surface area (Å²) in [5.74, 6) is 0.732. The van der Waals surface area contributed by atoms with E-state index in [9.17, 15) is 0 Å². The molecular weight excluding hydrogens is 763 g/mol. The number of hydrogen-bond donors (Lipinski definition) is 0. The quantitative estimate of drug-likeness (QED) is 0.163. The first-order chi connectivity index (χ1) is 31.3. The van der Waals surface area contributed by atoms with Crippen LogP contribution in [0.3, 0.4) is 0 Å². The largest absolute Gasteiger partial charge is 0.248 e. The van der Waals surface area contributed by atoms with Crippen molar-refractivity contribution in [2.45, 2.75) is 5.41 Å². The van der Waals surface area contributed by atoms with Crippen LogP contribution in [0.5, 0.6) is 0 Å². The number of hydrogen-bond acceptors (Lipinski definition) is 3. The minimum Gasteiger partial charge on any atom is -0.248 e. The second-order valence-electron chi connectivity index (χ2n) is 16.6. The molecule has 0 N–H and O–H groups in total. The molecule has 9 aromatic carbocycles. The molecule has 0 bridgehead atoms. The van der Waals surface area contributed by atoms with Gasteiger partial charge in [0.1, 0.15) is 0 Å². The summed E-state index contributed by atoms with van der Waals surface area (Å²) in [6.45, 7) is 0. The Morgan fingerprint density at radius 2 is 0.714 bits per heavy atom. The molecule has 0 fully saturated rings. The van der Waals surface area contributed by atoms with E-state index in [0.29, 0.717) is 0 Å². The lowest BCUT2D eigenvalue weighted by atomic mass is 9.72. The molecule has 0 atom stereocenters. The number of pyridine rings is 1. The minimum absolute atomic E-state index is 0.554. The molecule has 63 heavy (non-hydrogen) atoms. The van der Waals surface area contributed by atoms with Crippen LogP contribution >= 0.6 is 0 Å². The summed E-state index contributed by atoms with van der Waals surface area (Å²) in [7, 11) is 0. The van der Waals surface area contributed by atoms with E-state index < -0.39 is 5.41 Å². The van der Waals surface area contributed by atoms with Gasteiger partial charge in [0.2, 0.25) is 0 Å². The fraction of sp³-hybridized carbons (Fsp3) is 0.0167. The van der Waals surface area contributed by atoms with Crippen molar-refractivity contribution in [3.63, 3.8) is 0 Å². The summed E-state index contributed by atoms with van der Waals surface area (Å²) in [6.07, 6.45) is 2.08. The maximum absolute atomic E-state index is 5.76. The highest BCUT2D eigenvalue weighted by molar-refractivity contribution is 6.21. The molecule has 0 saturated heterocycles. The first-order valence-electron chi connectivity index (χ1n) is 21.6. The Balaban J connectivity index is 0.989. The van der Waals surface area contributed by atoms with Crippen LogP contribution in [-0.2, 0) is 5.41 Å². The van der Waals surface area contributed by atoms with Crippen molar-refractivity contribution >= 4 is 21.5 Å². The van der Waals surface area contributed by atoms with E-state index in [-0.39, 0.29) is 0 Å². The molecule has 2 aliphatic rings. The number of rotatable bonds is 5. The van der Waals surface area contributed by atoms with Gasteiger partial charge < -0.3 is 0 Å². The van der Waals surface area contributed by atoms with Crippen molar-refractivity contribution < 1.29 is 0 Å². The topological polar surface area (TPSA) is 38.7 Å². The molecule has 1 spiro atoms. The monoisotopic (exact) mass is 799 g/mol. The van der Waals surface area contributed by atoms with Crippen LogP contribution < -0.4 is 0 Å². The Bertz CT molecular complexity index is 3430. The molecule has 0 amide bonds. The maximum Gasteiger partial charge on any atom is 0.160 e. The fourth-order valence-electron chi connectivity index (χ4n) is 10.7. The van der Waals surface area contributed by atoms with Crippen LogP contribution in [0.4, 0.5) is 0 Å². The van der Waals surface area contributed by atoms with E-state index >= 15 is 0 Å². The van der Waals surface area contributed by atoms with Crippen LogP contribution in [0.1, 0.15) is 22.4 Å². The van der Waals surface area contributed by atoms with Crippen LogP contribution in [-0.4, -0.2) is 15.0 Å². The normalized spacial score (nSPS) is 12.9. The maximum atomic E-state index is 5.76. The van der Waals surface area contributed by atoms with Gasteiger partial charge in [-0.1, -0.05) is 206 Å². The van der Waals surface area contributed by atoms with E-state index in [0.717, 1.165) is 83.4 Å². The van der Waals surface area contributed by atoms with Gasteiger partial charge in [-0.3, -0.25) is 0 Å². The third kappa shape index (κ3) is 5.23.